The van der Waals surface area contributed by atoms with E-state index in [1.807, 2.05) is 24.3 Å². The van der Waals surface area contributed by atoms with Gasteiger partial charge >= 0.3 is 0 Å². The maximum atomic E-state index is 5.68. The molecule has 0 heterocycles. The molecule has 0 aliphatic carbocycles. The summed E-state index contributed by atoms with van der Waals surface area (Å²) in [4.78, 5) is 4.16. The molecule has 0 aromatic heterocycles. The fourth-order valence-corrected chi connectivity index (χ4v) is 1.80. The van der Waals surface area contributed by atoms with Crippen LogP contribution in [0.1, 0.15) is 12.8 Å². The molecule has 0 radical (unpaired) electrons. The number of ether oxygens (including phenoxy) is 3. The highest BCUT2D eigenvalue weighted by atomic mass is 16.5. The highest BCUT2D eigenvalue weighted by Gasteiger charge is 1.98. The van der Waals surface area contributed by atoms with Gasteiger partial charge in [0.2, 0.25) is 0 Å². The number of nitrogens with zero attached hydrogens (tertiary/aromatic N) is 1. The number of hydrogen-bond donors (Lipinski definition) is 2. The van der Waals surface area contributed by atoms with Crippen LogP contribution in [-0.2, 0) is 4.74 Å². The van der Waals surface area contributed by atoms with Gasteiger partial charge in [-0.25, -0.2) is 0 Å². The zero-order valence-corrected chi connectivity index (χ0v) is 13.7. The fourth-order valence-electron chi connectivity index (χ4n) is 1.80. The summed E-state index contributed by atoms with van der Waals surface area (Å²) in [5.74, 6) is 2.43. The average Bonchev–Trinajstić information content (AvgIpc) is 2.56. The molecule has 1 rings (SSSR count). The molecule has 0 aliphatic heterocycles. The number of guanidine groups is 1. The van der Waals surface area contributed by atoms with Crippen LogP contribution in [0.2, 0.25) is 0 Å². The number of methoxy groups -OCH3 is 2. The Morgan fingerprint density at radius 1 is 1.05 bits per heavy atom. The summed E-state index contributed by atoms with van der Waals surface area (Å²) in [5, 5.41) is 6.48. The molecule has 2 N–H and O–H groups in total. The van der Waals surface area contributed by atoms with Gasteiger partial charge in [0.05, 0.1) is 13.7 Å². The lowest BCUT2D eigenvalue weighted by molar-refractivity contribution is 0.195. The highest BCUT2D eigenvalue weighted by molar-refractivity contribution is 5.79. The molecule has 0 spiro atoms. The van der Waals surface area contributed by atoms with Crippen molar-refractivity contribution in [2.24, 2.45) is 4.99 Å². The lowest BCUT2D eigenvalue weighted by atomic mass is 10.3. The molecule has 124 valence electrons. The predicted octanol–water partition coefficient (Wildman–Crippen LogP) is 1.67. The molecule has 1 aromatic rings. The largest absolute Gasteiger partial charge is 0.497 e. The Morgan fingerprint density at radius 3 is 2.36 bits per heavy atom. The summed E-state index contributed by atoms with van der Waals surface area (Å²) in [6.07, 6.45) is 1.84. The second kappa shape index (κ2) is 11.7. The normalized spacial score (nSPS) is 11.1. The van der Waals surface area contributed by atoms with E-state index in [9.17, 15) is 0 Å². The number of hydrogen-bond acceptors (Lipinski definition) is 4. The molecule has 0 atom stereocenters. The minimum Gasteiger partial charge on any atom is -0.497 e. The number of benzene rings is 1. The van der Waals surface area contributed by atoms with Crippen molar-refractivity contribution in [1.29, 1.82) is 0 Å². The first-order valence-electron chi connectivity index (χ1n) is 7.50. The molecular weight excluding hydrogens is 282 g/mol. The van der Waals surface area contributed by atoms with Crippen LogP contribution >= 0.6 is 0 Å². The third-order valence-electron chi connectivity index (χ3n) is 2.96. The number of aliphatic imine (C=N–C) groups is 1. The summed E-state index contributed by atoms with van der Waals surface area (Å²) < 4.78 is 15.8. The van der Waals surface area contributed by atoms with Gasteiger partial charge in [-0.1, -0.05) is 6.07 Å². The Hall–Kier alpha value is -1.95. The first kappa shape index (κ1) is 18.1. The van der Waals surface area contributed by atoms with Crippen LogP contribution < -0.4 is 20.1 Å². The minimum atomic E-state index is 0.640. The van der Waals surface area contributed by atoms with Crippen molar-refractivity contribution in [3.63, 3.8) is 0 Å². The predicted molar refractivity (Wildman–Crippen MR) is 89.0 cm³/mol. The second-order valence-electron chi connectivity index (χ2n) is 4.65. The molecule has 0 fully saturated rings. The molecule has 0 unspecified atom stereocenters. The van der Waals surface area contributed by atoms with E-state index in [2.05, 4.69) is 15.6 Å². The summed E-state index contributed by atoms with van der Waals surface area (Å²) in [5.41, 5.74) is 0. The van der Waals surface area contributed by atoms with Gasteiger partial charge < -0.3 is 24.8 Å². The topological polar surface area (TPSA) is 64.1 Å². The van der Waals surface area contributed by atoms with E-state index in [0.717, 1.165) is 50.0 Å². The van der Waals surface area contributed by atoms with Crippen LogP contribution in [0.4, 0.5) is 0 Å². The average molecular weight is 309 g/mol. The standard InChI is InChI=1S/C16H27N3O3/c1-17-16(18-9-5-11-20-2)19-10-6-12-22-15-8-4-7-14(13-15)21-3/h4,7-8,13H,5-6,9-12H2,1-3H3,(H2,17,18,19). The molecule has 6 nitrogen and oxygen atoms in total. The molecule has 1 aromatic carbocycles. The molecule has 22 heavy (non-hydrogen) atoms. The summed E-state index contributed by atoms with van der Waals surface area (Å²) >= 11 is 0. The highest BCUT2D eigenvalue weighted by Crippen LogP contribution is 2.18. The summed E-state index contributed by atoms with van der Waals surface area (Å²) in [7, 11) is 5.11. The van der Waals surface area contributed by atoms with Crippen molar-refractivity contribution in [2.75, 3.05) is 47.6 Å². The van der Waals surface area contributed by atoms with Crippen molar-refractivity contribution >= 4 is 5.96 Å². The van der Waals surface area contributed by atoms with Gasteiger partial charge in [-0.15, -0.1) is 0 Å². The van der Waals surface area contributed by atoms with E-state index in [-0.39, 0.29) is 0 Å². The summed E-state index contributed by atoms with van der Waals surface area (Å²) in [6, 6.07) is 7.61. The van der Waals surface area contributed by atoms with Crippen molar-refractivity contribution < 1.29 is 14.2 Å². The lowest BCUT2D eigenvalue weighted by Crippen LogP contribution is -2.38. The molecule has 0 amide bonds. The van der Waals surface area contributed by atoms with Gasteiger partial charge in [0, 0.05) is 39.9 Å². The van der Waals surface area contributed by atoms with E-state index >= 15 is 0 Å². The lowest BCUT2D eigenvalue weighted by Gasteiger charge is -2.12. The molecule has 0 bridgehead atoms. The van der Waals surface area contributed by atoms with Crippen LogP contribution in [0.15, 0.2) is 29.3 Å². The molecule has 0 saturated carbocycles. The van der Waals surface area contributed by atoms with Gasteiger partial charge in [0.1, 0.15) is 11.5 Å². The zero-order valence-electron chi connectivity index (χ0n) is 13.7. The SMILES string of the molecule is CN=C(NCCCOC)NCCCOc1cccc(OC)c1. The van der Waals surface area contributed by atoms with Crippen LogP contribution in [-0.4, -0.2) is 53.5 Å². The van der Waals surface area contributed by atoms with E-state index in [1.165, 1.54) is 0 Å². The maximum absolute atomic E-state index is 5.68. The number of rotatable bonds is 10. The quantitative estimate of drug-likeness (QED) is 0.391. The zero-order chi connectivity index (χ0) is 16.0. The Balaban J connectivity index is 2.13. The monoisotopic (exact) mass is 309 g/mol. The van der Waals surface area contributed by atoms with Gasteiger partial charge in [0.15, 0.2) is 5.96 Å². The van der Waals surface area contributed by atoms with Gasteiger partial charge in [0.25, 0.3) is 0 Å². The van der Waals surface area contributed by atoms with E-state index in [0.29, 0.717) is 6.61 Å². The maximum Gasteiger partial charge on any atom is 0.190 e. The third kappa shape index (κ3) is 7.73. The Bertz CT molecular complexity index is 438. The number of nitrogens with one attached hydrogen (secondary N) is 2. The van der Waals surface area contributed by atoms with Crippen LogP contribution in [0.25, 0.3) is 0 Å². The van der Waals surface area contributed by atoms with Gasteiger partial charge in [-0.3, -0.25) is 4.99 Å². The second-order valence-corrected chi connectivity index (χ2v) is 4.65. The van der Waals surface area contributed by atoms with Crippen molar-refractivity contribution in [1.82, 2.24) is 10.6 Å². The summed E-state index contributed by atoms with van der Waals surface area (Å²) in [6.45, 7) is 3.03. The van der Waals surface area contributed by atoms with Crippen molar-refractivity contribution in [3.8, 4) is 11.5 Å². The third-order valence-corrected chi connectivity index (χ3v) is 2.96. The van der Waals surface area contributed by atoms with Gasteiger partial charge in [-0.05, 0) is 25.0 Å². The Morgan fingerprint density at radius 2 is 1.73 bits per heavy atom. The smallest absolute Gasteiger partial charge is 0.190 e. The van der Waals surface area contributed by atoms with Crippen LogP contribution in [0.5, 0.6) is 11.5 Å². The van der Waals surface area contributed by atoms with Gasteiger partial charge in [-0.2, -0.15) is 0 Å². The Kier molecular flexibility index (Phi) is 9.61. The Labute approximate surface area is 132 Å². The van der Waals surface area contributed by atoms with Crippen LogP contribution in [0.3, 0.4) is 0 Å². The van der Waals surface area contributed by atoms with Crippen LogP contribution in [0, 0.1) is 0 Å². The van der Waals surface area contributed by atoms with E-state index < -0.39 is 0 Å². The van der Waals surface area contributed by atoms with E-state index in [1.54, 1.807) is 21.3 Å². The van der Waals surface area contributed by atoms with E-state index in [4.69, 9.17) is 14.2 Å². The first-order valence-corrected chi connectivity index (χ1v) is 7.50. The molecule has 0 saturated heterocycles. The van der Waals surface area contributed by atoms with Crippen molar-refractivity contribution in [3.05, 3.63) is 24.3 Å². The molecular formula is C16H27N3O3. The molecule has 6 heteroatoms. The first-order chi connectivity index (χ1) is 10.8. The minimum absolute atomic E-state index is 0.640. The van der Waals surface area contributed by atoms with Crippen molar-refractivity contribution in [2.45, 2.75) is 12.8 Å². The molecule has 0 aliphatic rings. The fraction of sp³-hybridized carbons (Fsp3) is 0.562.